The number of likely N-dealkylation sites (N-methyl/N-ethyl adjacent to an activating group) is 1. The predicted octanol–water partition coefficient (Wildman–Crippen LogP) is 0.652. The minimum atomic E-state index is -0.572. The Morgan fingerprint density at radius 3 is 2.60 bits per heavy atom. The normalized spacial score (nSPS) is 9.75. The van der Waals surface area contributed by atoms with E-state index in [-0.39, 0.29) is 12.5 Å². The smallest absolute Gasteiger partial charge is 0.338 e. The molecule has 20 heavy (non-hydrogen) atoms. The Hall–Kier alpha value is -1.64. The van der Waals surface area contributed by atoms with Gasteiger partial charge in [0.15, 0.2) is 6.61 Å². The standard InChI is InChI=1S/C13H15IN2O4/c1-16(2)12(18)7-15-11(17)8-20-13(19)9-4-3-5-10(14)6-9/h3-6H,7-8H2,1-2H3,(H,15,17). The van der Waals surface area contributed by atoms with Crippen molar-refractivity contribution < 1.29 is 19.1 Å². The Morgan fingerprint density at radius 1 is 1.30 bits per heavy atom. The number of amides is 2. The van der Waals surface area contributed by atoms with Crippen molar-refractivity contribution >= 4 is 40.4 Å². The quantitative estimate of drug-likeness (QED) is 0.592. The van der Waals surface area contributed by atoms with Gasteiger partial charge in [-0.05, 0) is 40.8 Å². The van der Waals surface area contributed by atoms with Crippen molar-refractivity contribution in [3.8, 4) is 0 Å². The summed E-state index contributed by atoms with van der Waals surface area (Å²) in [5, 5.41) is 2.37. The molecule has 0 radical (unpaired) electrons. The van der Waals surface area contributed by atoms with Crippen molar-refractivity contribution in [2.75, 3.05) is 27.2 Å². The largest absolute Gasteiger partial charge is 0.452 e. The number of hydrogen-bond acceptors (Lipinski definition) is 4. The lowest BCUT2D eigenvalue weighted by atomic mass is 10.2. The molecular formula is C13H15IN2O4. The zero-order chi connectivity index (χ0) is 15.1. The van der Waals surface area contributed by atoms with Crippen molar-refractivity contribution in [1.82, 2.24) is 10.2 Å². The maximum Gasteiger partial charge on any atom is 0.338 e. The molecular weight excluding hydrogens is 375 g/mol. The minimum absolute atomic E-state index is 0.118. The first-order valence-corrected chi connectivity index (χ1v) is 6.87. The van der Waals surface area contributed by atoms with Gasteiger partial charge in [0.1, 0.15) is 0 Å². The van der Waals surface area contributed by atoms with Crippen LogP contribution in [-0.2, 0) is 14.3 Å². The maximum atomic E-state index is 11.7. The van der Waals surface area contributed by atoms with E-state index in [0.717, 1.165) is 3.57 Å². The summed E-state index contributed by atoms with van der Waals surface area (Å²) < 4.78 is 5.76. The molecule has 0 atom stereocenters. The van der Waals surface area contributed by atoms with Gasteiger partial charge in [-0.25, -0.2) is 4.79 Å². The van der Waals surface area contributed by atoms with Crippen molar-refractivity contribution in [3.63, 3.8) is 0 Å². The number of ether oxygens (including phenoxy) is 1. The Labute approximate surface area is 130 Å². The van der Waals surface area contributed by atoms with Gasteiger partial charge in [0.25, 0.3) is 5.91 Å². The Kier molecular flexibility index (Phi) is 6.43. The lowest BCUT2D eigenvalue weighted by Crippen LogP contribution is -2.38. The number of carbonyl (C=O) groups excluding carboxylic acids is 3. The molecule has 108 valence electrons. The second-order valence-electron chi connectivity index (χ2n) is 4.15. The van der Waals surface area contributed by atoms with E-state index in [4.69, 9.17) is 4.74 Å². The number of nitrogens with zero attached hydrogens (tertiary/aromatic N) is 1. The highest BCUT2D eigenvalue weighted by Crippen LogP contribution is 2.08. The molecule has 1 rings (SSSR count). The highest BCUT2D eigenvalue weighted by Gasteiger charge is 2.11. The first-order valence-electron chi connectivity index (χ1n) is 5.79. The van der Waals surface area contributed by atoms with Crippen LogP contribution in [0.3, 0.4) is 0 Å². The molecule has 0 aliphatic carbocycles. The van der Waals surface area contributed by atoms with Crippen molar-refractivity contribution in [1.29, 1.82) is 0 Å². The van der Waals surface area contributed by atoms with Crippen LogP contribution in [0, 0.1) is 3.57 Å². The number of esters is 1. The number of benzene rings is 1. The highest BCUT2D eigenvalue weighted by atomic mass is 127. The van der Waals surface area contributed by atoms with E-state index in [1.807, 2.05) is 6.07 Å². The van der Waals surface area contributed by atoms with Crippen molar-refractivity contribution in [2.24, 2.45) is 0 Å². The summed E-state index contributed by atoms with van der Waals surface area (Å²) in [5.41, 5.74) is 0.383. The molecule has 0 aliphatic rings. The van der Waals surface area contributed by atoms with Crippen LogP contribution in [-0.4, -0.2) is 49.9 Å². The number of halogens is 1. The van der Waals surface area contributed by atoms with Crippen LogP contribution in [0.5, 0.6) is 0 Å². The van der Waals surface area contributed by atoms with E-state index in [0.29, 0.717) is 5.56 Å². The molecule has 0 saturated carbocycles. The molecule has 7 heteroatoms. The molecule has 1 N–H and O–H groups in total. The zero-order valence-electron chi connectivity index (χ0n) is 11.2. The lowest BCUT2D eigenvalue weighted by molar-refractivity contribution is -0.131. The second kappa shape index (κ2) is 7.83. The van der Waals surface area contributed by atoms with Gasteiger partial charge in [-0.3, -0.25) is 9.59 Å². The van der Waals surface area contributed by atoms with Crippen LogP contribution in [0.25, 0.3) is 0 Å². The molecule has 0 heterocycles. The van der Waals surface area contributed by atoms with Gasteiger partial charge in [-0.1, -0.05) is 6.07 Å². The highest BCUT2D eigenvalue weighted by molar-refractivity contribution is 14.1. The number of hydrogen-bond donors (Lipinski definition) is 1. The molecule has 2 amide bonds. The van der Waals surface area contributed by atoms with E-state index in [2.05, 4.69) is 27.9 Å². The first kappa shape index (κ1) is 16.4. The van der Waals surface area contributed by atoms with Crippen LogP contribution in [0.4, 0.5) is 0 Å². The average Bonchev–Trinajstić information content (AvgIpc) is 2.41. The van der Waals surface area contributed by atoms with Crippen LogP contribution < -0.4 is 5.32 Å². The molecule has 0 bridgehead atoms. The molecule has 0 fully saturated rings. The lowest BCUT2D eigenvalue weighted by Gasteiger charge is -2.11. The summed E-state index contributed by atoms with van der Waals surface area (Å²) in [6.45, 7) is -0.530. The summed E-state index contributed by atoms with van der Waals surface area (Å²) in [7, 11) is 3.18. The maximum absolute atomic E-state index is 11.7. The van der Waals surface area contributed by atoms with Crippen molar-refractivity contribution in [3.05, 3.63) is 33.4 Å². The Bertz CT molecular complexity index is 517. The summed E-state index contributed by atoms with van der Waals surface area (Å²) in [5.74, 6) is -1.32. The van der Waals surface area contributed by atoms with Crippen LogP contribution in [0.15, 0.2) is 24.3 Å². The van der Waals surface area contributed by atoms with Gasteiger partial charge in [0.05, 0.1) is 12.1 Å². The Balaban J connectivity index is 2.38. The molecule has 6 nitrogen and oxygen atoms in total. The van der Waals surface area contributed by atoms with E-state index >= 15 is 0 Å². The summed E-state index contributed by atoms with van der Waals surface area (Å²) in [4.78, 5) is 35.7. The Morgan fingerprint density at radius 2 is 2.00 bits per heavy atom. The molecule has 1 aromatic rings. The first-order chi connectivity index (χ1) is 9.40. The van der Waals surface area contributed by atoms with Gasteiger partial charge in [0, 0.05) is 17.7 Å². The predicted molar refractivity (Wildman–Crippen MR) is 81.1 cm³/mol. The molecule has 0 spiro atoms. The fraction of sp³-hybridized carbons (Fsp3) is 0.308. The summed E-state index contributed by atoms with van der Waals surface area (Å²) >= 11 is 2.08. The fourth-order valence-corrected chi connectivity index (χ4v) is 1.76. The third kappa shape index (κ3) is 5.55. The third-order valence-corrected chi connectivity index (χ3v) is 3.00. The topological polar surface area (TPSA) is 75.7 Å². The summed E-state index contributed by atoms with van der Waals surface area (Å²) in [6.07, 6.45) is 0. The van der Waals surface area contributed by atoms with Crippen LogP contribution >= 0.6 is 22.6 Å². The van der Waals surface area contributed by atoms with Crippen LogP contribution in [0.1, 0.15) is 10.4 Å². The van der Waals surface area contributed by atoms with Gasteiger partial charge < -0.3 is 15.0 Å². The second-order valence-corrected chi connectivity index (χ2v) is 5.40. The van der Waals surface area contributed by atoms with E-state index < -0.39 is 18.5 Å². The summed E-state index contributed by atoms with van der Waals surface area (Å²) in [6, 6.07) is 6.85. The van der Waals surface area contributed by atoms with Crippen molar-refractivity contribution in [2.45, 2.75) is 0 Å². The molecule has 0 unspecified atom stereocenters. The van der Waals surface area contributed by atoms with E-state index in [9.17, 15) is 14.4 Å². The van der Waals surface area contributed by atoms with E-state index in [1.54, 1.807) is 32.3 Å². The number of rotatable bonds is 5. The van der Waals surface area contributed by atoms with E-state index in [1.165, 1.54) is 4.90 Å². The molecule has 0 aromatic heterocycles. The average molecular weight is 390 g/mol. The van der Waals surface area contributed by atoms with Crippen LogP contribution in [0.2, 0.25) is 0 Å². The van der Waals surface area contributed by atoms with Gasteiger partial charge in [-0.15, -0.1) is 0 Å². The fourth-order valence-electron chi connectivity index (χ4n) is 1.21. The van der Waals surface area contributed by atoms with Gasteiger partial charge in [-0.2, -0.15) is 0 Å². The third-order valence-electron chi connectivity index (χ3n) is 2.33. The molecule has 0 aliphatic heterocycles. The monoisotopic (exact) mass is 390 g/mol. The van der Waals surface area contributed by atoms with Gasteiger partial charge in [0.2, 0.25) is 5.91 Å². The molecule has 0 saturated heterocycles. The minimum Gasteiger partial charge on any atom is -0.452 e. The number of carbonyl (C=O) groups is 3. The zero-order valence-corrected chi connectivity index (χ0v) is 13.3. The molecule has 1 aromatic carbocycles. The SMILES string of the molecule is CN(C)C(=O)CNC(=O)COC(=O)c1cccc(I)c1. The number of nitrogens with one attached hydrogen (secondary N) is 1. The van der Waals surface area contributed by atoms with Gasteiger partial charge >= 0.3 is 5.97 Å².